The molecule has 10 heteroatoms. The fraction of sp³-hybridized carbons (Fsp3) is 0.214. The number of aromatic nitrogens is 2. The van der Waals surface area contributed by atoms with Crippen molar-refractivity contribution in [2.24, 2.45) is 0 Å². The van der Waals surface area contributed by atoms with E-state index in [1.807, 2.05) is 36.4 Å². The summed E-state index contributed by atoms with van der Waals surface area (Å²) in [5.41, 5.74) is 3.30. The van der Waals surface area contributed by atoms with Crippen molar-refractivity contribution in [1.82, 2.24) is 15.3 Å². The number of hydrogen-bond donors (Lipinski definition) is 3. The van der Waals surface area contributed by atoms with E-state index in [4.69, 9.17) is 14.7 Å². The van der Waals surface area contributed by atoms with E-state index >= 15 is 0 Å². The fourth-order valence-corrected chi connectivity index (χ4v) is 4.84. The molecule has 1 aliphatic rings. The van der Waals surface area contributed by atoms with Gasteiger partial charge in [0.2, 0.25) is 5.91 Å². The summed E-state index contributed by atoms with van der Waals surface area (Å²) in [5.74, 6) is 0.406. The Hall–Kier alpha value is -4.15. The van der Waals surface area contributed by atoms with Crippen LogP contribution in [0.1, 0.15) is 15.9 Å². The molecule has 3 aromatic carbocycles. The monoisotopic (exact) mass is 529 g/mol. The number of hydrogen-bond acceptors (Lipinski definition) is 8. The van der Waals surface area contributed by atoms with Crippen molar-refractivity contribution in [1.29, 1.82) is 0 Å². The van der Waals surface area contributed by atoms with Crippen LogP contribution in [-0.2, 0) is 16.1 Å². The van der Waals surface area contributed by atoms with Gasteiger partial charge in [-0.05, 0) is 42.0 Å². The highest BCUT2D eigenvalue weighted by atomic mass is 32.2. The molecule has 1 fully saturated rings. The summed E-state index contributed by atoms with van der Waals surface area (Å²) in [6.45, 7) is 3.09. The van der Waals surface area contributed by atoms with Crippen molar-refractivity contribution in [3.63, 3.8) is 0 Å². The third kappa shape index (κ3) is 6.21. The molecule has 1 aromatic heterocycles. The highest BCUT2D eigenvalue weighted by Gasteiger charge is 2.20. The smallest absolute Gasteiger partial charge is 0.259 e. The number of benzene rings is 3. The van der Waals surface area contributed by atoms with Crippen LogP contribution in [0.2, 0.25) is 0 Å². The van der Waals surface area contributed by atoms with Crippen LogP contribution < -0.4 is 15.5 Å². The Bertz CT molecular complexity index is 1440. The zero-order chi connectivity index (χ0) is 26.3. The van der Waals surface area contributed by atoms with E-state index in [9.17, 15) is 14.7 Å². The number of ether oxygens (including phenoxy) is 1. The lowest BCUT2D eigenvalue weighted by molar-refractivity contribution is -0.118. The van der Waals surface area contributed by atoms with Crippen molar-refractivity contribution in [2.45, 2.75) is 11.6 Å². The van der Waals surface area contributed by atoms with Crippen LogP contribution in [0.3, 0.4) is 0 Å². The molecule has 0 unspecified atom stereocenters. The summed E-state index contributed by atoms with van der Waals surface area (Å²) in [6.07, 6.45) is 0. The number of carbonyl (C=O) groups is 2. The molecule has 4 aromatic rings. The predicted molar refractivity (Wildman–Crippen MR) is 148 cm³/mol. The zero-order valence-corrected chi connectivity index (χ0v) is 21.4. The molecule has 2 amide bonds. The molecular weight excluding hydrogens is 502 g/mol. The first-order valence-corrected chi connectivity index (χ1v) is 13.2. The number of phenolic OH excluding ortho intramolecular Hbond substituents is 1. The maximum atomic E-state index is 12.6. The number of amides is 2. The lowest BCUT2D eigenvalue weighted by Gasteiger charge is -2.29. The number of morpholine rings is 1. The summed E-state index contributed by atoms with van der Waals surface area (Å²) >= 11 is 1.37. The Morgan fingerprint density at radius 2 is 1.61 bits per heavy atom. The van der Waals surface area contributed by atoms with Gasteiger partial charge in [0, 0.05) is 25.3 Å². The standard InChI is InChI=1S/C28H27N5O4S/c34-24-8-4-1-5-21(24)27(36)30-20-11-9-19(10-12-20)17-29-25(35)18-38-28-26(33-13-15-37-16-14-33)31-22-6-2-3-7-23(22)32-28/h1-12,34H,13-18H2,(H,29,35)(H,30,36). The molecule has 1 aliphatic heterocycles. The van der Waals surface area contributed by atoms with Crippen molar-refractivity contribution >= 4 is 46.1 Å². The predicted octanol–water partition coefficient (Wildman–Crippen LogP) is 3.83. The number of aromatic hydroxyl groups is 1. The minimum atomic E-state index is -0.394. The molecule has 2 heterocycles. The fourth-order valence-electron chi connectivity index (χ4n) is 4.01. The van der Waals surface area contributed by atoms with Crippen LogP contribution >= 0.6 is 11.8 Å². The number of nitrogens with zero attached hydrogens (tertiary/aromatic N) is 3. The van der Waals surface area contributed by atoms with Crippen LogP contribution in [0.4, 0.5) is 11.5 Å². The molecule has 0 bridgehead atoms. The topological polar surface area (TPSA) is 117 Å². The second kappa shape index (κ2) is 11.9. The highest BCUT2D eigenvalue weighted by Crippen LogP contribution is 2.29. The summed E-state index contributed by atoms with van der Waals surface area (Å²) in [6, 6.07) is 21.3. The molecule has 194 valence electrons. The van der Waals surface area contributed by atoms with E-state index in [-0.39, 0.29) is 23.0 Å². The third-order valence-corrected chi connectivity index (χ3v) is 6.98. The van der Waals surface area contributed by atoms with Crippen LogP contribution in [0, 0.1) is 0 Å². The van der Waals surface area contributed by atoms with E-state index in [1.54, 1.807) is 30.3 Å². The van der Waals surface area contributed by atoms with Gasteiger partial charge in [-0.1, -0.05) is 48.2 Å². The lowest BCUT2D eigenvalue weighted by atomic mass is 10.1. The summed E-state index contributed by atoms with van der Waals surface area (Å²) in [7, 11) is 0. The van der Waals surface area contributed by atoms with E-state index in [1.165, 1.54) is 17.8 Å². The number of carbonyl (C=O) groups excluding carboxylic acids is 2. The number of anilines is 2. The minimum absolute atomic E-state index is 0.0751. The van der Waals surface area contributed by atoms with Gasteiger partial charge in [0.15, 0.2) is 5.82 Å². The third-order valence-electron chi connectivity index (χ3n) is 6.02. The van der Waals surface area contributed by atoms with Gasteiger partial charge in [0.1, 0.15) is 10.8 Å². The SMILES string of the molecule is O=C(CSc1nc2ccccc2nc1N1CCOCC1)NCc1ccc(NC(=O)c2ccccc2O)cc1. The van der Waals surface area contributed by atoms with Gasteiger partial charge >= 0.3 is 0 Å². The molecule has 0 saturated carbocycles. The molecule has 9 nitrogen and oxygen atoms in total. The molecule has 0 aliphatic carbocycles. The molecule has 3 N–H and O–H groups in total. The second-order valence-electron chi connectivity index (χ2n) is 8.67. The first-order chi connectivity index (χ1) is 18.6. The van der Waals surface area contributed by atoms with Crippen molar-refractivity contribution in [3.8, 4) is 5.75 Å². The molecule has 0 spiro atoms. The Morgan fingerprint density at radius 1 is 0.921 bits per heavy atom. The second-order valence-corrected chi connectivity index (χ2v) is 9.64. The average Bonchev–Trinajstić information content (AvgIpc) is 2.96. The first-order valence-electron chi connectivity index (χ1n) is 12.2. The normalized spacial score (nSPS) is 13.3. The van der Waals surface area contributed by atoms with Crippen molar-refractivity contribution in [3.05, 3.63) is 83.9 Å². The Morgan fingerprint density at radius 3 is 2.34 bits per heavy atom. The zero-order valence-electron chi connectivity index (χ0n) is 20.6. The van der Waals surface area contributed by atoms with Gasteiger partial charge in [-0.3, -0.25) is 9.59 Å². The van der Waals surface area contributed by atoms with Crippen LogP contribution in [0.5, 0.6) is 5.75 Å². The Balaban J connectivity index is 1.17. The van der Waals surface area contributed by atoms with Crippen LogP contribution in [0.15, 0.2) is 77.8 Å². The average molecular weight is 530 g/mol. The van der Waals surface area contributed by atoms with Crippen LogP contribution in [-0.4, -0.2) is 58.9 Å². The molecule has 5 rings (SSSR count). The number of para-hydroxylation sites is 3. The van der Waals surface area contributed by atoms with E-state index in [0.717, 1.165) is 40.5 Å². The quantitative estimate of drug-likeness (QED) is 0.295. The van der Waals surface area contributed by atoms with Gasteiger partial charge < -0.3 is 25.4 Å². The van der Waals surface area contributed by atoms with Gasteiger partial charge in [-0.2, -0.15) is 0 Å². The Labute approximate surface area is 224 Å². The number of rotatable bonds is 8. The number of thioether (sulfide) groups is 1. The van der Waals surface area contributed by atoms with Crippen molar-refractivity contribution in [2.75, 3.05) is 42.3 Å². The van der Waals surface area contributed by atoms with Gasteiger partial charge in [0.05, 0.1) is 35.6 Å². The van der Waals surface area contributed by atoms with Gasteiger partial charge in [-0.15, -0.1) is 0 Å². The molecule has 0 atom stereocenters. The minimum Gasteiger partial charge on any atom is -0.507 e. The first kappa shape index (κ1) is 25.5. The molecule has 1 saturated heterocycles. The summed E-state index contributed by atoms with van der Waals surface area (Å²) in [5, 5.41) is 16.3. The number of phenols is 1. The largest absolute Gasteiger partial charge is 0.507 e. The van der Waals surface area contributed by atoms with E-state index in [0.29, 0.717) is 25.4 Å². The number of fused-ring (bicyclic) bond motifs is 1. The van der Waals surface area contributed by atoms with E-state index in [2.05, 4.69) is 15.5 Å². The summed E-state index contributed by atoms with van der Waals surface area (Å²) in [4.78, 5) is 36.8. The van der Waals surface area contributed by atoms with Gasteiger partial charge in [0.25, 0.3) is 5.91 Å². The summed E-state index contributed by atoms with van der Waals surface area (Å²) < 4.78 is 5.48. The molecule has 38 heavy (non-hydrogen) atoms. The maximum absolute atomic E-state index is 12.6. The molecular formula is C28H27N5O4S. The lowest BCUT2D eigenvalue weighted by Crippen LogP contribution is -2.37. The molecule has 0 radical (unpaired) electrons. The van der Waals surface area contributed by atoms with Crippen molar-refractivity contribution < 1.29 is 19.4 Å². The maximum Gasteiger partial charge on any atom is 0.259 e. The highest BCUT2D eigenvalue weighted by molar-refractivity contribution is 8.00. The van der Waals surface area contributed by atoms with Crippen LogP contribution in [0.25, 0.3) is 11.0 Å². The van der Waals surface area contributed by atoms with E-state index < -0.39 is 5.91 Å². The Kier molecular flexibility index (Phi) is 8.01. The number of nitrogens with one attached hydrogen (secondary N) is 2. The van der Waals surface area contributed by atoms with Gasteiger partial charge in [-0.25, -0.2) is 9.97 Å².